The smallest absolute Gasteiger partial charge is 0.211 e. The van der Waals surface area contributed by atoms with Crippen molar-refractivity contribution in [2.24, 2.45) is 5.14 Å². The van der Waals surface area contributed by atoms with Gasteiger partial charge in [-0.25, -0.2) is 13.6 Å². The van der Waals surface area contributed by atoms with E-state index in [1.807, 2.05) is 0 Å². The zero-order valence-corrected chi connectivity index (χ0v) is 5.77. The third-order valence-electron chi connectivity index (χ3n) is 0.657. The van der Waals surface area contributed by atoms with E-state index in [0.29, 0.717) is 0 Å². The van der Waals surface area contributed by atoms with Crippen LogP contribution in [-0.4, -0.2) is 22.1 Å². The molecule has 0 unspecified atom stereocenters. The molecule has 0 bridgehead atoms. The number of nitrogens with two attached hydrogens (primary N) is 1. The second-order valence-corrected chi connectivity index (χ2v) is 3.76. The summed E-state index contributed by atoms with van der Waals surface area (Å²) in [5.74, 6) is 0. The summed E-state index contributed by atoms with van der Waals surface area (Å²) >= 11 is 0. The third kappa shape index (κ3) is 4.14. The maximum atomic E-state index is 10.1. The molecular weight excluding hydrogens is 125 g/mol. The molecule has 0 aromatic carbocycles. The van der Waals surface area contributed by atoms with Crippen molar-refractivity contribution in [3.05, 3.63) is 0 Å². The van der Waals surface area contributed by atoms with Gasteiger partial charge in [-0.3, -0.25) is 0 Å². The van der Waals surface area contributed by atoms with Crippen molar-refractivity contribution >= 4 is 18.4 Å². The van der Waals surface area contributed by atoms with Gasteiger partial charge in [0, 0.05) is 8.41 Å². The first-order chi connectivity index (χ1) is 2.94. The van der Waals surface area contributed by atoms with Gasteiger partial charge in [0.15, 0.2) is 0 Å². The van der Waals surface area contributed by atoms with Gasteiger partial charge < -0.3 is 0 Å². The Labute approximate surface area is 51.9 Å². The predicted octanol–water partition coefficient (Wildman–Crippen LogP) is -0.697. The fraction of sp³-hybridized carbons (Fsp3) is 1.00. The molecule has 0 atom stereocenters. The molecule has 0 fully saturated rings. The quantitative estimate of drug-likeness (QED) is 0.482. The van der Waals surface area contributed by atoms with Crippen LogP contribution in [0.3, 0.4) is 0 Å². The van der Waals surface area contributed by atoms with E-state index < -0.39 is 15.3 Å². The van der Waals surface area contributed by atoms with E-state index >= 15 is 0 Å². The van der Waals surface area contributed by atoms with Crippen LogP contribution >= 0.6 is 0 Å². The van der Waals surface area contributed by atoms with Crippen LogP contribution in [0.2, 0.25) is 0 Å². The second kappa shape index (κ2) is 3.09. The molecule has 0 aromatic heterocycles. The number of hydrogen-bond acceptors (Lipinski definition) is 2. The summed E-state index contributed by atoms with van der Waals surface area (Å²) in [4.78, 5) is 0. The largest absolute Gasteiger partial charge is 0.229 e. The topological polar surface area (TPSA) is 60.2 Å². The summed E-state index contributed by atoms with van der Waals surface area (Å²) < 4.78 is 20.2. The Kier molecular flexibility index (Phi) is 4.20. The van der Waals surface area contributed by atoms with Gasteiger partial charge in [0.1, 0.15) is 0 Å². The van der Waals surface area contributed by atoms with Crippen LogP contribution in [0.1, 0.15) is 13.8 Å². The Morgan fingerprint density at radius 2 is 1.50 bits per heavy atom. The van der Waals surface area contributed by atoms with Crippen LogP contribution in [0.25, 0.3) is 0 Å². The number of primary sulfonamides is 1. The third-order valence-corrected chi connectivity index (χ3v) is 1.97. The van der Waals surface area contributed by atoms with Crippen molar-refractivity contribution < 1.29 is 8.42 Å². The summed E-state index contributed by atoms with van der Waals surface area (Å²) in [5, 5.41) is 4.20. The highest BCUT2D eigenvalue weighted by molar-refractivity contribution is 7.89. The van der Waals surface area contributed by atoms with Gasteiger partial charge in [0.25, 0.3) is 0 Å². The monoisotopic (exact) mass is 134 g/mol. The maximum Gasteiger partial charge on any atom is 0.211 e. The van der Waals surface area contributed by atoms with E-state index in [4.69, 9.17) is 0 Å². The highest BCUT2D eigenvalue weighted by Gasteiger charge is 2.06. The van der Waals surface area contributed by atoms with Crippen LogP contribution in [-0.2, 0) is 10.0 Å². The van der Waals surface area contributed by atoms with Gasteiger partial charge in [-0.1, -0.05) is 0 Å². The van der Waals surface area contributed by atoms with Gasteiger partial charge in [0.2, 0.25) is 10.0 Å². The minimum atomic E-state index is -3.24. The van der Waals surface area contributed by atoms with Gasteiger partial charge >= 0.3 is 0 Å². The van der Waals surface area contributed by atoms with E-state index in [0.717, 1.165) is 0 Å². The summed E-state index contributed by atoms with van der Waals surface area (Å²) in [7, 11) is -3.24. The first-order valence-corrected chi connectivity index (χ1v) is 3.57. The maximum absolute atomic E-state index is 10.1. The molecule has 5 heteroatoms. The van der Waals surface area contributed by atoms with Crippen LogP contribution in [0, 0.1) is 0 Å². The zero-order valence-electron chi connectivity index (χ0n) is 4.96. The number of sulfonamides is 1. The number of hydrogen-bond donors (Lipinski definition) is 1. The summed E-state index contributed by atoms with van der Waals surface area (Å²) in [6.07, 6.45) is 0. The zero-order chi connectivity index (χ0) is 6.08. The molecule has 0 rings (SSSR count). The van der Waals surface area contributed by atoms with Crippen LogP contribution in [0.4, 0.5) is 0 Å². The molecule has 0 aromatic rings. The van der Waals surface area contributed by atoms with Gasteiger partial charge in [-0.15, -0.1) is 0 Å². The highest BCUT2D eigenvalue weighted by atomic mass is 32.2. The van der Waals surface area contributed by atoms with E-state index in [-0.39, 0.29) is 8.41 Å². The summed E-state index contributed by atoms with van der Waals surface area (Å²) in [5.41, 5.74) is 0. The molecule has 0 spiro atoms. The van der Waals surface area contributed by atoms with E-state index in [9.17, 15) is 8.42 Å². The average molecular weight is 134 g/mol. The molecule has 47 valence electrons. The lowest BCUT2D eigenvalue weighted by Crippen LogP contribution is -2.22. The lowest BCUT2D eigenvalue weighted by Gasteiger charge is -1.96. The van der Waals surface area contributed by atoms with Crippen LogP contribution in [0.15, 0.2) is 0 Å². The van der Waals surface area contributed by atoms with Gasteiger partial charge in [-0.05, 0) is 13.8 Å². The van der Waals surface area contributed by atoms with Crippen LogP contribution in [0.5, 0.6) is 0 Å². The fourth-order valence-corrected chi connectivity index (χ4v) is 0. The minimum absolute atomic E-state index is 0. The standard InChI is InChI=1S/C3H9NO2S.B/c1-3(2)7(4,5)6;/h3H,1-2H3,(H2,4,5,6);. The van der Waals surface area contributed by atoms with Crippen LogP contribution < -0.4 is 5.14 Å². The Morgan fingerprint density at radius 3 is 1.50 bits per heavy atom. The Bertz CT molecular complexity index is 139. The lowest BCUT2D eigenvalue weighted by atomic mass is 10.6. The second-order valence-electron chi connectivity index (χ2n) is 1.64. The van der Waals surface area contributed by atoms with Crippen molar-refractivity contribution in [2.45, 2.75) is 19.1 Å². The summed E-state index contributed by atoms with van der Waals surface area (Å²) in [6, 6.07) is 0. The van der Waals surface area contributed by atoms with Crippen molar-refractivity contribution in [3.8, 4) is 0 Å². The molecule has 0 heterocycles. The highest BCUT2D eigenvalue weighted by Crippen LogP contribution is 1.88. The minimum Gasteiger partial charge on any atom is -0.229 e. The van der Waals surface area contributed by atoms with E-state index in [2.05, 4.69) is 5.14 Å². The Balaban J connectivity index is 0. The SMILES string of the molecule is CC(C)S(N)(=O)=O.[B]. The molecule has 3 nitrogen and oxygen atoms in total. The van der Waals surface area contributed by atoms with E-state index in [1.165, 1.54) is 13.8 Å². The van der Waals surface area contributed by atoms with Crippen molar-refractivity contribution in [1.82, 2.24) is 0 Å². The van der Waals surface area contributed by atoms with Crippen molar-refractivity contribution in [1.29, 1.82) is 0 Å². The molecular formula is C3H9BNO2S. The Morgan fingerprint density at radius 1 is 1.38 bits per heavy atom. The molecule has 0 aliphatic carbocycles. The molecule has 0 aliphatic heterocycles. The number of rotatable bonds is 1. The van der Waals surface area contributed by atoms with E-state index in [1.54, 1.807) is 0 Å². The molecule has 0 saturated carbocycles. The normalized spacial score (nSPS) is 11.0. The predicted molar refractivity (Wildman–Crippen MR) is 34.0 cm³/mol. The summed E-state index contributed by atoms with van der Waals surface area (Å²) in [6.45, 7) is 3.07. The Hall–Kier alpha value is -0.0251. The fourth-order valence-electron chi connectivity index (χ4n) is 0. The van der Waals surface area contributed by atoms with Gasteiger partial charge in [0.05, 0.1) is 5.25 Å². The molecule has 0 amide bonds. The molecule has 8 heavy (non-hydrogen) atoms. The first kappa shape index (κ1) is 10.9. The van der Waals surface area contributed by atoms with Gasteiger partial charge in [-0.2, -0.15) is 0 Å². The molecule has 2 N–H and O–H groups in total. The molecule has 3 radical (unpaired) electrons. The van der Waals surface area contributed by atoms with Crippen molar-refractivity contribution in [2.75, 3.05) is 0 Å². The average Bonchev–Trinajstić information content (AvgIpc) is 1.31. The molecule has 0 aliphatic rings. The first-order valence-electron chi connectivity index (χ1n) is 1.96. The lowest BCUT2D eigenvalue weighted by molar-refractivity contribution is 0.589. The van der Waals surface area contributed by atoms with Crippen molar-refractivity contribution in [3.63, 3.8) is 0 Å². The molecule has 0 saturated heterocycles.